The zero-order valence-electron chi connectivity index (χ0n) is 11.0. The summed E-state index contributed by atoms with van der Waals surface area (Å²) >= 11 is 7.47. The molecule has 6 heteroatoms. The Morgan fingerprint density at radius 1 is 1.35 bits per heavy atom. The van der Waals surface area contributed by atoms with Gasteiger partial charge in [0.15, 0.2) is 5.16 Å². The maximum Gasteiger partial charge on any atom is 0.225 e. The van der Waals surface area contributed by atoms with Crippen LogP contribution in [0.5, 0.6) is 0 Å². The second-order valence-corrected chi connectivity index (χ2v) is 5.61. The van der Waals surface area contributed by atoms with E-state index in [4.69, 9.17) is 11.6 Å². The van der Waals surface area contributed by atoms with Gasteiger partial charge in [0, 0.05) is 35.3 Å². The van der Waals surface area contributed by atoms with Gasteiger partial charge in [0.2, 0.25) is 5.91 Å². The SMILES string of the molecule is Cc1ccc(NC(=O)CCSc2ncccn2)cc1Cl. The van der Waals surface area contributed by atoms with E-state index in [0.717, 1.165) is 5.56 Å². The van der Waals surface area contributed by atoms with Crippen LogP contribution in [0.15, 0.2) is 41.8 Å². The summed E-state index contributed by atoms with van der Waals surface area (Å²) in [5, 5.41) is 4.15. The Kier molecular flexibility index (Phi) is 5.38. The van der Waals surface area contributed by atoms with E-state index in [2.05, 4.69) is 15.3 Å². The molecule has 1 N–H and O–H groups in total. The normalized spacial score (nSPS) is 10.3. The van der Waals surface area contributed by atoms with Crippen LogP contribution in [0, 0.1) is 6.92 Å². The van der Waals surface area contributed by atoms with E-state index in [-0.39, 0.29) is 5.91 Å². The van der Waals surface area contributed by atoms with Gasteiger partial charge in [-0.25, -0.2) is 9.97 Å². The predicted octanol–water partition coefficient (Wildman–Crippen LogP) is 3.56. The number of thioether (sulfide) groups is 1. The lowest BCUT2D eigenvalue weighted by Gasteiger charge is -2.06. The van der Waals surface area contributed by atoms with E-state index in [0.29, 0.717) is 28.0 Å². The fourth-order valence-electron chi connectivity index (χ4n) is 1.49. The summed E-state index contributed by atoms with van der Waals surface area (Å²) in [6.07, 6.45) is 3.77. The van der Waals surface area contributed by atoms with Crippen molar-refractivity contribution in [3.63, 3.8) is 0 Å². The van der Waals surface area contributed by atoms with E-state index in [1.807, 2.05) is 19.1 Å². The summed E-state index contributed by atoms with van der Waals surface area (Å²) < 4.78 is 0. The molecule has 2 rings (SSSR count). The Morgan fingerprint density at radius 2 is 2.10 bits per heavy atom. The molecule has 0 atom stereocenters. The van der Waals surface area contributed by atoms with Crippen LogP contribution in [0.25, 0.3) is 0 Å². The van der Waals surface area contributed by atoms with Gasteiger partial charge in [-0.15, -0.1) is 0 Å². The second kappa shape index (κ2) is 7.26. The average Bonchev–Trinajstić information content (AvgIpc) is 2.44. The van der Waals surface area contributed by atoms with Gasteiger partial charge in [0.25, 0.3) is 0 Å². The fourth-order valence-corrected chi connectivity index (χ4v) is 2.41. The summed E-state index contributed by atoms with van der Waals surface area (Å²) in [7, 11) is 0. The van der Waals surface area contributed by atoms with Crippen LogP contribution >= 0.6 is 23.4 Å². The molecule has 0 unspecified atom stereocenters. The molecule has 0 spiro atoms. The van der Waals surface area contributed by atoms with Crippen molar-refractivity contribution in [1.82, 2.24) is 9.97 Å². The van der Waals surface area contributed by atoms with Crippen molar-refractivity contribution in [1.29, 1.82) is 0 Å². The second-order valence-electron chi connectivity index (χ2n) is 4.14. The van der Waals surface area contributed by atoms with Gasteiger partial charge in [-0.1, -0.05) is 29.4 Å². The Morgan fingerprint density at radius 3 is 2.80 bits per heavy atom. The molecule has 4 nitrogen and oxygen atoms in total. The Labute approximate surface area is 127 Å². The lowest BCUT2D eigenvalue weighted by Crippen LogP contribution is -2.12. The number of anilines is 1. The van der Waals surface area contributed by atoms with Gasteiger partial charge in [0.1, 0.15) is 0 Å². The molecule has 0 radical (unpaired) electrons. The minimum Gasteiger partial charge on any atom is -0.326 e. The molecule has 2 aromatic rings. The first kappa shape index (κ1) is 14.8. The number of carbonyl (C=O) groups excluding carboxylic acids is 1. The van der Waals surface area contributed by atoms with E-state index in [1.165, 1.54) is 11.8 Å². The molecule has 0 saturated carbocycles. The topological polar surface area (TPSA) is 54.9 Å². The number of nitrogens with zero attached hydrogens (tertiary/aromatic N) is 2. The first-order valence-corrected chi connectivity index (χ1v) is 7.47. The number of aryl methyl sites for hydroxylation is 1. The predicted molar refractivity (Wildman–Crippen MR) is 82.2 cm³/mol. The molecule has 1 aromatic heterocycles. The molecular weight excluding hydrogens is 294 g/mol. The summed E-state index contributed by atoms with van der Waals surface area (Å²) in [4.78, 5) is 20.0. The van der Waals surface area contributed by atoms with Crippen LogP contribution in [-0.2, 0) is 4.79 Å². The minimum atomic E-state index is -0.0478. The highest BCUT2D eigenvalue weighted by molar-refractivity contribution is 7.99. The van der Waals surface area contributed by atoms with E-state index < -0.39 is 0 Å². The largest absolute Gasteiger partial charge is 0.326 e. The van der Waals surface area contributed by atoms with Crippen molar-refractivity contribution < 1.29 is 4.79 Å². The average molecular weight is 308 g/mol. The Bertz CT molecular complexity index is 592. The van der Waals surface area contributed by atoms with Crippen LogP contribution < -0.4 is 5.32 Å². The number of nitrogens with one attached hydrogen (secondary N) is 1. The molecule has 104 valence electrons. The van der Waals surface area contributed by atoms with Gasteiger partial charge in [-0.3, -0.25) is 4.79 Å². The monoisotopic (exact) mass is 307 g/mol. The zero-order valence-corrected chi connectivity index (χ0v) is 12.5. The van der Waals surface area contributed by atoms with Crippen molar-refractivity contribution in [2.45, 2.75) is 18.5 Å². The van der Waals surface area contributed by atoms with Crippen molar-refractivity contribution >= 4 is 35.0 Å². The highest BCUT2D eigenvalue weighted by Gasteiger charge is 2.05. The summed E-state index contributed by atoms with van der Waals surface area (Å²) in [5.74, 6) is 0.587. The summed E-state index contributed by atoms with van der Waals surface area (Å²) in [6, 6.07) is 7.23. The van der Waals surface area contributed by atoms with Crippen molar-refractivity contribution in [2.75, 3.05) is 11.1 Å². The first-order chi connectivity index (χ1) is 9.65. The smallest absolute Gasteiger partial charge is 0.225 e. The van der Waals surface area contributed by atoms with Gasteiger partial charge >= 0.3 is 0 Å². The molecule has 0 aliphatic heterocycles. The number of amides is 1. The van der Waals surface area contributed by atoms with Crippen molar-refractivity contribution in [3.05, 3.63) is 47.2 Å². The third-order valence-electron chi connectivity index (χ3n) is 2.56. The minimum absolute atomic E-state index is 0.0478. The van der Waals surface area contributed by atoms with Crippen molar-refractivity contribution in [2.24, 2.45) is 0 Å². The van der Waals surface area contributed by atoms with Crippen LogP contribution in [-0.4, -0.2) is 21.6 Å². The number of carbonyl (C=O) groups is 1. The van der Waals surface area contributed by atoms with Gasteiger partial charge in [0.05, 0.1) is 0 Å². The standard InChI is InChI=1S/C14H14ClN3OS/c1-10-3-4-11(9-12(10)15)18-13(19)5-8-20-14-16-6-2-7-17-14/h2-4,6-7,9H,5,8H2,1H3,(H,18,19). The highest BCUT2D eigenvalue weighted by Crippen LogP contribution is 2.20. The molecular formula is C14H14ClN3OS. The molecule has 0 aliphatic rings. The number of benzene rings is 1. The lowest BCUT2D eigenvalue weighted by molar-refractivity contribution is -0.115. The Hall–Kier alpha value is -1.59. The maximum absolute atomic E-state index is 11.8. The number of aromatic nitrogens is 2. The number of halogens is 1. The van der Waals surface area contributed by atoms with E-state index in [9.17, 15) is 4.79 Å². The van der Waals surface area contributed by atoms with E-state index in [1.54, 1.807) is 24.5 Å². The molecule has 1 aromatic carbocycles. The number of rotatable bonds is 5. The lowest BCUT2D eigenvalue weighted by atomic mass is 10.2. The van der Waals surface area contributed by atoms with Gasteiger partial charge < -0.3 is 5.32 Å². The molecule has 0 aliphatic carbocycles. The first-order valence-electron chi connectivity index (χ1n) is 6.11. The Balaban J connectivity index is 1.79. The maximum atomic E-state index is 11.8. The van der Waals surface area contributed by atoms with E-state index >= 15 is 0 Å². The molecule has 20 heavy (non-hydrogen) atoms. The molecule has 0 bridgehead atoms. The van der Waals surface area contributed by atoms with Crippen LogP contribution in [0.3, 0.4) is 0 Å². The van der Waals surface area contributed by atoms with Crippen molar-refractivity contribution in [3.8, 4) is 0 Å². The zero-order chi connectivity index (χ0) is 14.4. The quantitative estimate of drug-likeness (QED) is 0.678. The number of hydrogen-bond acceptors (Lipinski definition) is 4. The summed E-state index contributed by atoms with van der Waals surface area (Å²) in [5.41, 5.74) is 1.70. The van der Waals surface area contributed by atoms with Crippen LogP contribution in [0.4, 0.5) is 5.69 Å². The molecule has 0 saturated heterocycles. The molecule has 1 amide bonds. The summed E-state index contributed by atoms with van der Waals surface area (Å²) in [6.45, 7) is 1.92. The molecule has 0 fully saturated rings. The van der Waals surface area contributed by atoms with Gasteiger partial charge in [-0.05, 0) is 30.7 Å². The number of hydrogen-bond donors (Lipinski definition) is 1. The van der Waals surface area contributed by atoms with Gasteiger partial charge in [-0.2, -0.15) is 0 Å². The van der Waals surface area contributed by atoms with Crippen LogP contribution in [0.1, 0.15) is 12.0 Å². The third-order valence-corrected chi connectivity index (χ3v) is 3.84. The highest BCUT2D eigenvalue weighted by atomic mass is 35.5. The van der Waals surface area contributed by atoms with Crippen LogP contribution in [0.2, 0.25) is 5.02 Å². The third kappa shape index (κ3) is 4.51. The molecule has 1 heterocycles. The fraction of sp³-hybridized carbons (Fsp3) is 0.214.